The van der Waals surface area contributed by atoms with Crippen molar-refractivity contribution in [2.75, 3.05) is 32.7 Å². The molecule has 0 radical (unpaired) electrons. The minimum Gasteiger partial charge on any atom is -0.392 e. The van der Waals surface area contributed by atoms with E-state index in [0.717, 1.165) is 45.6 Å². The number of aliphatic hydroxyl groups is 1. The molecule has 0 aromatic rings. The maximum Gasteiger partial charge on any atom is 0.0667 e. The highest BCUT2D eigenvalue weighted by Crippen LogP contribution is 2.19. The maximum atomic E-state index is 9.67. The average Bonchev–Trinajstić information content (AvgIpc) is 2.15. The first kappa shape index (κ1) is 14.9. The summed E-state index contributed by atoms with van der Waals surface area (Å²) < 4.78 is 0. The van der Waals surface area contributed by atoms with Crippen molar-refractivity contribution in [2.24, 2.45) is 11.3 Å². The molecule has 0 aliphatic carbocycles. The largest absolute Gasteiger partial charge is 0.392 e. The van der Waals surface area contributed by atoms with E-state index in [1.807, 2.05) is 0 Å². The standard InChI is InChI=1S/C14H30N2O/c1-12(2)8-15-10-14(3,4)11-16-7-5-6-13(17)9-16/h12-13,15,17H,5-11H2,1-4H3. The van der Waals surface area contributed by atoms with Crippen molar-refractivity contribution < 1.29 is 5.11 Å². The van der Waals surface area contributed by atoms with E-state index in [1.165, 1.54) is 0 Å². The first-order chi connectivity index (χ1) is 7.89. The van der Waals surface area contributed by atoms with Gasteiger partial charge in [-0.15, -0.1) is 0 Å². The lowest BCUT2D eigenvalue weighted by atomic mass is 9.91. The quantitative estimate of drug-likeness (QED) is 0.744. The summed E-state index contributed by atoms with van der Waals surface area (Å²) in [4.78, 5) is 2.41. The van der Waals surface area contributed by atoms with Crippen LogP contribution in [0.3, 0.4) is 0 Å². The molecule has 102 valence electrons. The predicted octanol–water partition coefficient (Wildman–Crippen LogP) is 1.71. The van der Waals surface area contributed by atoms with Gasteiger partial charge >= 0.3 is 0 Å². The monoisotopic (exact) mass is 242 g/mol. The van der Waals surface area contributed by atoms with E-state index >= 15 is 0 Å². The third-order valence-electron chi connectivity index (χ3n) is 3.29. The van der Waals surface area contributed by atoms with E-state index in [0.29, 0.717) is 5.92 Å². The molecule has 1 aliphatic rings. The molecule has 3 heteroatoms. The number of rotatable bonds is 6. The van der Waals surface area contributed by atoms with Gasteiger partial charge in [-0.05, 0) is 37.3 Å². The lowest BCUT2D eigenvalue weighted by Gasteiger charge is -2.36. The van der Waals surface area contributed by atoms with E-state index in [4.69, 9.17) is 0 Å². The fourth-order valence-electron chi connectivity index (χ4n) is 2.54. The molecular weight excluding hydrogens is 212 g/mol. The van der Waals surface area contributed by atoms with Crippen molar-refractivity contribution in [1.82, 2.24) is 10.2 Å². The molecule has 1 unspecified atom stereocenters. The molecule has 1 atom stereocenters. The summed E-state index contributed by atoms with van der Waals surface area (Å²) in [5.74, 6) is 0.711. The van der Waals surface area contributed by atoms with E-state index < -0.39 is 0 Å². The molecule has 0 saturated carbocycles. The highest BCUT2D eigenvalue weighted by atomic mass is 16.3. The lowest BCUT2D eigenvalue weighted by molar-refractivity contribution is 0.0501. The Bertz CT molecular complexity index is 216. The van der Waals surface area contributed by atoms with Gasteiger partial charge in [-0.25, -0.2) is 0 Å². The van der Waals surface area contributed by atoms with Gasteiger partial charge in [0.1, 0.15) is 0 Å². The molecule has 3 nitrogen and oxygen atoms in total. The average molecular weight is 242 g/mol. The second-order valence-electron chi connectivity index (χ2n) is 6.72. The van der Waals surface area contributed by atoms with Crippen molar-refractivity contribution in [3.63, 3.8) is 0 Å². The molecule has 0 bridgehead atoms. The number of likely N-dealkylation sites (tertiary alicyclic amines) is 1. The minimum atomic E-state index is -0.108. The van der Waals surface area contributed by atoms with Gasteiger partial charge in [-0.1, -0.05) is 27.7 Å². The van der Waals surface area contributed by atoms with Gasteiger partial charge in [-0.3, -0.25) is 0 Å². The number of hydrogen-bond donors (Lipinski definition) is 2. The Morgan fingerprint density at radius 1 is 1.41 bits per heavy atom. The van der Waals surface area contributed by atoms with Crippen molar-refractivity contribution >= 4 is 0 Å². The molecule has 17 heavy (non-hydrogen) atoms. The van der Waals surface area contributed by atoms with E-state index in [1.54, 1.807) is 0 Å². The van der Waals surface area contributed by atoms with Crippen molar-refractivity contribution in [3.05, 3.63) is 0 Å². The Morgan fingerprint density at radius 2 is 2.12 bits per heavy atom. The van der Waals surface area contributed by atoms with Crippen LogP contribution < -0.4 is 5.32 Å². The Morgan fingerprint density at radius 3 is 2.71 bits per heavy atom. The van der Waals surface area contributed by atoms with Crippen LogP contribution in [-0.4, -0.2) is 48.8 Å². The van der Waals surface area contributed by atoms with Gasteiger partial charge in [0.25, 0.3) is 0 Å². The van der Waals surface area contributed by atoms with Crippen LogP contribution in [0.25, 0.3) is 0 Å². The zero-order chi connectivity index (χ0) is 12.9. The normalized spacial score (nSPS) is 23.3. The summed E-state index contributed by atoms with van der Waals surface area (Å²) >= 11 is 0. The zero-order valence-corrected chi connectivity index (χ0v) is 12.0. The first-order valence-corrected chi connectivity index (χ1v) is 7.00. The smallest absolute Gasteiger partial charge is 0.0667 e. The number of piperidine rings is 1. The number of hydrogen-bond acceptors (Lipinski definition) is 3. The number of aliphatic hydroxyl groups excluding tert-OH is 1. The second-order valence-corrected chi connectivity index (χ2v) is 6.72. The molecule has 1 rings (SSSR count). The maximum absolute atomic E-state index is 9.67. The van der Waals surface area contributed by atoms with Crippen molar-refractivity contribution in [2.45, 2.75) is 46.6 Å². The molecule has 1 saturated heterocycles. The summed E-state index contributed by atoms with van der Waals surface area (Å²) in [5.41, 5.74) is 0.284. The number of nitrogens with one attached hydrogen (secondary N) is 1. The van der Waals surface area contributed by atoms with Crippen LogP contribution in [-0.2, 0) is 0 Å². The van der Waals surface area contributed by atoms with E-state index in [9.17, 15) is 5.11 Å². The van der Waals surface area contributed by atoms with E-state index in [2.05, 4.69) is 37.9 Å². The van der Waals surface area contributed by atoms with E-state index in [-0.39, 0.29) is 11.5 Å². The molecule has 0 amide bonds. The fraction of sp³-hybridized carbons (Fsp3) is 1.00. The van der Waals surface area contributed by atoms with Crippen LogP contribution in [0.4, 0.5) is 0 Å². The van der Waals surface area contributed by atoms with Crippen LogP contribution in [0, 0.1) is 11.3 Å². The van der Waals surface area contributed by atoms with Gasteiger partial charge < -0.3 is 15.3 Å². The van der Waals surface area contributed by atoms with Crippen LogP contribution in [0.2, 0.25) is 0 Å². The molecular formula is C14H30N2O. The topological polar surface area (TPSA) is 35.5 Å². The van der Waals surface area contributed by atoms with Crippen LogP contribution in [0.15, 0.2) is 0 Å². The second kappa shape index (κ2) is 6.72. The van der Waals surface area contributed by atoms with Gasteiger partial charge in [0.2, 0.25) is 0 Å². The summed E-state index contributed by atoms with van der Waals surface area (Å²) in [6, 6.07) is 0. The lowest BCUT2D eigenvalue weighted by Crippen LogP contribution is -2.46. The van der Waals surface area contributed by atoms with Crippen molar-refractivity contribution in [3.8, 4) is 0 Å². The molecule has 1 heterocycles. The molecule has 1 aliphatic heterocycles. The number of nitrogens with zero attached hydrogens (tertiary/aromatic N) is 1. The molecule has 0 aromatic carbocycles. The Labute approximate surface area is 107 Å². The number of β-amino-alcohol motifs (C(OH)–C–C–N with tert-alkyl or cyclic N) is 1. The van der Waals surface area contributed by atoms with Gasteiger partial charge in [0.05, 0.1) is 6.10 Å². The van der Waals surface area contributed by atoms with Gasteiger partial charge in [0.15, 0.2) is 0 Å². The molecule has 2 N–H and O–H groups in total. The van der Waals surface area contributed by atoms with Crippen LogP contribution in [0.1, 0.15) is 40.5 Å². The third kappa shape index (κ3) is 6.39. The Kier molecular flexibility index (Phi) is 5.90. The van der Waals surface area contributed by atoms with Gasteiger partial charge in [0, 0.05) is 19.6 Å². The SMILES string of the molecule is CC(C)CNCC(C)(C)CN1CCCC(O)C1. The summed E-state index contributed by atoms with van der Waals surface area (Å²) in [7, 11) is 0. The summed E-state index contributed by atoms with van der Waals surface area (Å²) in [6.07, 6.45) is 2.00. The van der Waals surface area contributed by atoms with Crippen molar-refractivity contribution in [1.29, 1.82) is 0 Å². The fourth-order valence-corrected chi connectivity index (χ4v) is 2.54. The Hall–Kier alpha value is -0.120. The third-order valence-corrected chi connectivity index (χ3v) is 3.29. The van der Waals surface area contributed by atoms with Crippen LogP contribution >= 0.6 is 0 Å². The minimum absolute atomic E-state index is 0.108. The summed E-state index contributed by atoms with van der Waals surface area (Å²) in [6.45, 7) is 14.3. The predicted molar refractivity (Wildman–Crippen MR) is 73.2 cm³/mol. The van der Waals surface area contributed by atoms with Gasteiger partial charge in [-0.2, -0.15) is 0 Å². The molecule has 0 spiro atoms. The molecule has 0 aromatic heterocycles. The highest BCUT2D eigenvalue weighted by Gasteiger charge is 2.25. The zero-order valence-electron chi connectivity index (χ0n) is 12.0. The highest BCUT2D eigenvalue weighted by molar-refractivity contribution is 4.80. The summed E-state index contributed by atoms with van der Waals surface area (Å²) in [5, 5.41) is 13.2. The van der Waals surface area contributed by atoms with Crippen LogP contribution in [0.5, 0.6) is 0 Å². The first-order valence-electron chi connectivity index (χ1n) is 7.00. The molecule has 1 fully saturated rings. The Balaban J connectivity index is 2.27.